The Labute approximate surface area is 111 Å². The third kappa shape index (κ3) is 2.21. The molecule has 0 heterocycles. The van der Waals surface area contributed by atoms with Crippen LogP contribution in [0.2, 0.25) is 0 Å². The molecule has 1 aromatic carbocycles. The summed E-state index contributed by atoms with van der Waals surface area (Å²) in [5, 5.41) is 12.5. The lowest BCUT2D eigenvalue weighted by Crippen LogP contribution is -2.50. The van der Waals surface area contributed by atoms with E-state index in [0.717, 1.165) is 25.0 Å². The van der Waals surface area contributed by atoms with Crippen LogP contribution in [0.5, 0.6) is 0 Å². The van der Waals surface area contributed by atoms with E-state index in [4.69, 9.17) is 5.21 Å². The minimum Gasteiger partial charge on any atom is -0.411 e. The third-order valence-corrected chi connectivity index (χ3v) is 4.17. The Balaban J connectivity index is 1.62. The molecule has 100 valence electrons. The summed E-state index contributed by atoms with van der Waals surface area (Å²) in [4.78, 5) is 11.9. The number of benzene rings is 1. The molecule has 0 unspecified atom stereocenters. The Morgan fingerprint density at radius 3 is 2.79 bits per heavy atom. The van der Waals surface area contributed by atoms with Crippen LogP contribution in [-0.4, -0.2) is 22.9 Å². The van der Waals surface area contributed by atoms with Crippen LogP contribution >= 0.6 is 0 Å². The van der Waals surface area contributed by atoms with Crippen molar-refractivity contribution >= 4 is 11.6 Å². The summed E-state index contributed by atoms with van der Waals surface area (Å²) in [6.07, 6.45) is 3.27. The molecule has 5 nitrogen and oxygen atoms in total. The number of fused-ring (bicyclic) bond motifs is 2. The van der Waals surface area contributed by atoms with E-state index < -0.39 is 0 Å². The molecule has 0 saturated heterocycles. The van der Waals surface area contributed by atoms with Gasteiger partial charge in [-0.3, -0.25) is 10.2 Å². The maximum Gasteiger partial charge on any atom is 0.265 e. The summed E-state index contributed by atoms with van der Waals surface area (Å²) >= 11 is 0. The fraction of sp³-hybridized carbons (Fsp3) is 0.429. The maximum absolute atomic E-state index is 11.9. The van der Waals surface area contributed by atoms with Gasteiger partial charge in [0.15, 0.2) is 0 Å². The average molecular weight is 259 g/mol. The minimum atomic E-state index is -0.166. The Morgan fingerprint density at radius 1 is 1.26 bits per heavy atom. The van der Waals surface area contributed by atoms with Crippen molar-refractivity contribution in [1.82, 2.24) is 10.9 Å². The van der Waals surface area contributed by atoms with Gasteiger partial charge in [0.05, 0.1) is 11.8 Å². The number of hydrazine groups is 1. The quantitative estimate of drug-likeness (QED) is 0.569. The van der Waals surface area contributed by atoms with Crippen molar-refractivity contribution in [2.75, 3.05) is 0 Å². The number of nitrogens with zero attached hydrogens (tertiary/aromatic N) is 1. The van der Waals surface area contributed by atoms with Crippen molar-refractivity contribution in [3.05, 3.63) is 35.9 Å². The highest BCUT2D eigenvalue weighted by atomic mass is 16.4. The van der Waals surface area contributed by atoms with Crippen molar-refractivity contribution in [1.29, 1.82) is 0 Å². The molecule has 1 aromatic rings. The Bertz CT molecular complexity index is 501. The fourth-order valence-electron chi connectivity index (χ4n) is 3.22. The van der Waals surface area contributed by atoms with Gasteiger partial charge < -0.3 is 5.21 Å². The van der Waals surface area contributed by atoms with Crippen LogP contribution in [0.15, 0.2) is 35.5 Å². The van der Waals surface area contributed by atoms with E-state index in [1.807, 2.05) is 18.2 Å². The summed E-state index contributed by atoms with van der Waals surface area (Å²) < 4.78 is 0. The first kappa shape index (κ1) is 12.2. The number of carbonyl (C=O) groups excluding carboxylic acids is 1. The van der Waals surface area contributed by atoms with Crippen molar-refractivity contribution in [2.24, 2.45) is 17.0 Å². The Hall–Kier alpha value is -1.88. The van der Waals surface area contributed by atoms with E-state index in [2.05, 4.69) is 16.0 Å². The molecule has 3 atom stereocenters. The van der Waals surface area contributed by atoms with Gasteiger partial charge in [0.25, 0.3) is 5.91 Å². The van der Waals surface area contributed by atoms with E-state index in [1.165, 1.54) is 0 Å². The zero-order chi connectivity index (χ0) is 13.2. The largest absolute Gasteiger partial charge is 0.411 e. The van der Waals surface area contributed by atoms with Crippen molar-refractivity contribution in [2.45, 2.75) is 25.3 Å². The van der Waals surface area contributed by atoms with Gasteiger partial charge in [0.2, 0.25) is 0 Å². The second-order valence-electron chi connectivity index (χ2n) is 5.24. The normalized spacial score (nSPS) is 30.7. The smallest absolute Gasteiger partial charge is 0.265 e. The Morgan fingerprint density at radius 2 is 2.05 bits per heavy atom. The molecule has 0 aliphatic heterocycles. The lowest BCUT2D eigenvalue weighted by molar-refractivity contribution is 0.0925. The second-order valence-corrected chi connectivity index (χ2v) is 5.24. The van der Waals surface area contributed by atoms with Gasteiger partial charge in [-0.25, -0.2) is 5.43 Å². The molecular formula is C14H17N3O2. The molecule has 5 heteroatoms. The standard InChI is InChI=1S/C14H17N3O2/c18-14(9-4-2-1-3-5-9)16-15-12-10-6-7-11(8-10)13(12)17-19/h1-5,10-12,15,19H,6-8H2,(H,16,18)/b17-13+/t10-,11-,12-/m0/s1. The molecule has 2 bridgehead atoms. The molecule has 0 spiro atoms. The van der Waals surface area contributed by atoms with Crippen molar-refractivity contribution in [3.63, 3.8) is 0 Å². The predicted octanol–water partition coefficient (Wildman–Crippen LogP) is 1.55. The molecule has 2 fully saturated rings. The summed E-state index contributed by atoms with van der Waals surface area (Å²) in [7, 11) is 0. The average Bonchev–Trinajstić information content (AvgIpc) is 3.06. The number of nitrogens with one attached hydrogen (secondary N) is 2. The van der Waals surface area contributed by atoms with Gasteiger partial charge in [-0.05, 0) is 37.3 Å². The van der Waals surface area contributed by atoms with Crippen LogP contribution in [0.1, 0.15) is 29.6 Å². The topological polar surface area (TPSA) is 73.7 Å². The van der Waals surface area contributed by atoms with E-state index in [1.54, 1.807) is 12.1 Å². The molecular weight excluding hydrogens is 242 g/mol. The molecule has 0 radical (unpaired) electrons. The van der Waals surface area contributed by atoms with E-state index in [-0.39, 0.29) is 11.9 Å². The summed E-state index contributed by atoms with van der Waals surface area (Å²) in [6.45, 7) is 0. The highest BCUT2D eigenvalue weighted by Gasteiger charge is 2.45. The third-order valence-electron chi connectivity index (χ3n) is 4.17. The lowest BCUT2D eigenvalue weighted by atomic mass is 9.94. The number of carbonyl (C=O) groups is 1. The molecule has 3 rings (SSSR count). The van der Waals surface area contributed by atoms with Gasteiger partial charge in [0.1, 0.15) is 0 Å². The molecule has 2 aliphatic rings. The zero-order valence-corrected chi connectivity index (χ0v) is 10.5. The van der Waals surface area contributed by atoms with E-state index in [0.29, 0.717) is 17.4 Å². The van der Waals surface area contributed by atoms with Crippen LogP contribution in [0, 0.1) is 11.8 Å². The zero-order valence-electron chi connectivity index (χ0n) is 10.5. The van der Waals surface area contributed by atoms with Gasteiger partial charge in [-0.15, -0.1) is 0 Å². The summed E-state index contributed by atoms with van der Waals surface area (Å²) in [6, 6.07) is 9.02. The first-order chi connectivity index (χ1) is 9.29. The lowest BCUT2D eigenvalue weighted by Gasteiger charge is -2.24. The van der Waals surface area contributed by atoms with Crippen LogP contribution < -0.4 is 10.9 Å². The van der Waals surface area contributed by atoms with Crippen LogP contribution in [-0.2, 0) is 0 Å². The minimum absolute atomic E-state index is 0.0311. The number of hydrogen-bond acceptors (Lipinski definition) is 4. The first-order valence-electron chi connectivity index (χ1n) is 6.62. The first-order valence-corrected chi connectivity index (χ1v) is 6.62. The maximum atomic E-state index is 11.9. The van der Waals surface area contributed by atoms with Crippen LogP contribution in [0.25, 0.3) is 0 Å². The van der Waals surface area contributed by atoms with E-state index >= 15 is 0 Å². The van der Waals surface area contributed by atoms with Crippen LogP contribution in [0.3, 0.4) is 0 Å². The molecule has 2 saturated carbocycles. The van der Waals surface area contributed by atoms with Gasteiger partial charge in [-0.2, -0.15) is 0 Å². The second kappa shape index (κ2) is 5.01. The van der Waals surface area contributed by atoms with Crippen LogP contribution in [0.4, 0.5) is 0 Å². The predicted molar refractivity (Wildman–Crippen MR) is 70.9 cm³/mol. The summed E-state index contributed by atoms with van der Waals surface area (Å²) in [5.41, 5.74) is 7.12. The van der Waals surface area contributed by atoms with Crippen molar-refractivity contribution in [3.8, 4) is 0 Å². The van der Waals surface area contributed by atoms with Gasteiger partial charge in [-0.1, -0.05) is 23.4 Å². The molecule has 3 N–H and O–H groups in total. The fourth-order valence-corrected chi connectivity index (χ4v) is 3.22. The monoisotopic (exact) mass is 259 g/mol. The number of oxime groups is 1. The highest BCUT2D eigenvalue weighted by Crippen LogP contribution is 2.42. The summed E-state index contributed by atoms with van der Waals surface area (Å²) in [5.74, 6) is 0.675. The van der Waals surface area contributed by atoms with Gasteiger partial charge >= 0.3 is 0 Å². The Kier molecular flexibility index (Phi) is 3.21. The van der Waals surface area contributed by atoms with E-state index in [9.17, 15) is 4.79 Å². The molecule has 1 amide bonds. The van der Waals surface area contributed by atoms with Gasteiger partial charge in [0, 0.05) is 11.5 Å². The highest BCUT2D eigenvalue weighted by molar-refractivity contribution is 5.96. The van der Waals surface area contributed by atoms with Crippen molar-refractivity contribution < 1.29 is 10.0 Å². The number of amides is 1. The molecule has 2 aliphatic carbocycles. The SMILES string of the molecule is O=C(NN[C@@H]1/C(=N/O)[C@H]2CC[C@H]1C2)c1ccccc1. The number of rotatable bonds is 3. The number of hydrogen-bond donors (Lipinski definition) is 3. The molecule has 19 heavy (non-hydrogen) atoms. The molecule has 0 aromatic heterocycles.